The van der Waals surface area contributed by atoms with Crippen LogP contribution in [-0.2, 0) is 4.79 Å². The molecule has 40 heavy (non-hydrogen) atoms. The van der Waals surface area contributed by atoms with Gasteiger partial charge in [0, 0.05) is 37.3 Å². The summed E-state index contributed by atoms with van der Waals surface area (Å²) in [6, 6.07) is 27.5. The van der Waals surface area contributed by atoms with Crippen LogP contribution in [0, 0.1) is 0 Å². The van der Waals surface area contributed by atoms with Crippen LogP contribution >= 0.6 is 35.0 Å². The van der Waals surface area contributed by atoms with Crippen LogP contribution in [-0.4, -0.2) is 30.5 Å². The Hall–Kier alpha value is -4.04. The number of methoxy groups -OCH3 is 1. The Bertz CT molecular complexity index is 1520. The first-order valence-corrected chi connectivity index (χ1v) is 13.8. The molecule has 0 atom stereocenters. The van der Waals surface area contributed by atoms with E-state index in [2.05, 4.69) is 10.6 Å². The molecule has 0 fully saturated rings. The van der Waals surface area contributed by atoms with E-state index in [1.54, 1.807) is 104 Å². The van der Waals surface area contributed by atoms with Crippen molar-refractivity contribution in [1.82, 2.24) is 5.32 Å². The number of benzene rings is 4. The van der Waals surface area contributed by atoms with Crippen molar-refractivity contribution in [2.45, 2.75) is 4.90 Å². The highest BCUT2D eigenvalue weighted by Gasteiger charge is 2.17. The third kappa shape index (κ3) is 7.76. The predicted octanol–water partition coefficient (Wildman–Crippen LogP) is 7.39. The van der Waals surface area contributed by atoms with Crippen molar-refractivity contribution >= 4 is 64.3 Å². The van der Waals surface area contributed by atoms with Gasteiger partial charge in [-0.25, -0.2) is 0 Å². The zero-order chi connectivity index (χ0) is 28.5. The van der Waals surface area contributed by atoms with Gasteiger partial charge in [-0.3, -0.25) is 14.4 Å². The summed E-state index contributed by atoms with van der Waals surface area (Å²) in [5.41, 5.74) is 1.86. The second kappa shape index (κ2) is 13.8. The number of halogens is 2. The Balaban J connectivity index is 1.46. The molecule has 0 saturated heterocycles. The van der Waals surface area contributed by atoms with E-state index >= 15 is 0 Å². The van der Waals surface area contributed by atoms with Gasteiger partial charge in [0.25, 0.3) is 11.8 Å². The summed E-state index contributed by atoms with van der Waals surface area (Å²) < 4.78 is 5.13. The van der Waals surface area contributed by atoms with Gasteiger partial charge in [-0.2, -0.15) is 0 Å². The lowest BCUT2D eigenvalue weighted by atomic mass is 10.1. The van der Waals surface area contributed by atoms with Gasteiger partial charge in [-0.05, 0) is 78.9 Å². The van der Waals surface area contributed by atoms with Crippen LogP contribution in [0.15, 0.2) is 108 Å². The molecule has 0 heterocycles. The van der Waals surface area contributed by atoms with Crippen molar-refractivity contribution in [3.8, 4) is 5.75 Å². The lowest BCUT2D eigenvalue weighted by Crippen LogP contribution is -2.30. The molecule has 4 rings (SSSR count). The molecular formula is C31H24Cl2N2O4S. The van der Waals surface area contributed by atoms with Crippen LogP contribution in [0.4, 0.5) is 5.69 Å². The number of hydrogen-bond donors (Lipinski definition) is 2. The third-order valence-corrected chi connectivity index (χ3v) is 7.38. The van der Waals surface area contributed by atoms with Crippen molar-refractivity contribution in [3.05, 3.63) is 129 Å². The van der Waals surface area contributed by atoms with E-state index in [4.69, 9.17) is 27.9 Å². The second-order valence-corrected chi connectivity index (χ2v) is 10.3. The summed E-state index contributed by atoms with van der Waals surface area (Å²) in [7, 11) is 1.57. The predicted molar refractivity (Wildman–Crippen MR) is 161 cm³/mol. The van der Waals surface area contributed by atoms with E-state index in [1.165, 1.54) is 17.8 Å². The van der Waals surface area contributed by atoms with Crippen LogP contribution in [0.5, 0.6) is 5.75 Å². The van der Waals surface area contributed by atoms with Gasteiger partial charge in [0.1, 0.15) is 11.4 Å². The zero-order valence-electron chi connectivity index (χ0n) is 21.3. The highest BCUT2D eigenvalue weighted by molar-refractivity contribution is 8.00. The molecule has 0 bridgehead atoms. The molecule has 0 aliphatic heterocycles. The molecular weight excluding hydrogens is 567 g/mol. The number of carbonyl (C=O) groups is 3. The molecule has 9 heteroatoms. The number of ketones is 1. The molecule has 0 unspecified atom stereocenters. The van der Waals surface area contributed by atoms with E-state index in [1.807, 2.05) is 0 Å². The van der Waals surface area contributed by atoms with E-state index in [0.717, 1.165) is 4.90 Å². The largest absolute Gasteiger partial charge is 0.497 e. The minimum Gasteiger partial charge on any atom is -0.497 e. The van der Waals surface area contributed by atoms with Crippen molar-refractivity contribution in [1.29, 1.82) is 0 Å². The van der Waals surface area contributed by atoms with Gasteiger partial charge in [-0.15, -0.1) is 11.8 Å². The molecule has 0 aliphatic carbocycles. The molecule has 0 saturated carbocycles. The van der Waals surface area contributed by atoms with E-state index in [9.17, 15) is 14.4 Å². The van der Waals surface area contributed by atoms with Crippen molar-refractivity contribution in [3.63, 3.8) is 0 Å². The smallest absolute Gasteiger partial charge is 0.272 e. The van der Waals surface area contributed by atoms with Crippen molar-refractivity contribution < 1.29 is 19.1 Å². The summed E-state index contributed by atoms with van der Waals surface area (Å²) in [5.74, 6) is -0.0786. The van der Waals surface area contributed by atoms with Crippen LogP contribution in [0.25, 0.3) is 6.08 Å². The van der Waals surface area contributed by atoms with Gasteiger partial charge in [0.05, 0.1) is 12.9 Å². The molecule has 2 amide bonds. The molecule has 4 aromatic carbocycles. The molecule has 0 aromatic heterocycles. The summed E-state index contributed by atoms with van der Waals surface area (Å²) in [6.07, 6.45) is 1.44. The van der Waals surface area contributed by atoms with Gasteiger partial charge in [-0.1, -0.05) is 47.5 Å². The fraction of sp³-hybridized carbons (Fsp3) is 0.0645. The molecule has 0 aliphatic rings. The Morgan fingerprint density at radius 3 is 2.08 bits per heavy atom. The first-order valence-electron chi connectivity index (χ1n) is 12.1. The summed E-state index contributed by atoms with van der Waals surface area (Å²) in [4.78, 5) is 39.5. The average Bonchev–Trinajstić information content (AvgIpc) is 2.98. The Morgan fingerprint density at radius 1 is 0.800 bits per heavy atom. The van der Waals surface area contributed by atoms with E-state index in [-0.39, 0.29) is 17.2 Å². The molecule has 202 valence electrons. The lowest BCUT2D eigenvalue weighted by Gasteiger charge is -2.13. The molecule has 0 spiro atoms. The monoisotopic (exact) mass is 590 g/mol. The molecule has 6 nitrogen and oxygen atoms in total. The van der Waals surface area contributed by atoms with Gasteiger partial charge in [0.2, 0.25) is 0 Å². The van der Waals surface area contributed by atoms with E-state index < -0.39 is 11.8 Å². The van der Waals surface area contributed by atoms with Crippen LogP contribution in [0.1, 0.15) is 26.3 Å². The third-order valence-electron chi connectivity index (χ3n) is 5.71. The number of anilines is 1. The van der Waals surface area contributed by atoms with Crippen molar-refractivity contribution in [2.75, 3.05) is 18.2 Å². The number of carbonyl (C=O) groups excluding carboxylic acids is 3. The summed E-state index contributed by atoms with van der Waals surface area (Å²) >= 11 is 14.0. The fourth-order valence-electron chi connectivity index (χ4n) is 3.58. The van der Waals surface area contributed by atoms with Crippen LogP contribution < -0.4 is 15.4 Å². The van der Waals surface area contributed by atoms with Gasteiger partial charge in [0.15, 0.2) is 5.78 Å². The number of nitrogens with one attached hydrogen (secondary N) is 2. The molecule has 2 N–H and O–H groups in total. The summed E-state index contributed by atoms with van der Waals surface area (Å²) in [5, 5.41) is 6.12. The van der Waals surface area contributed by atoms with Crippen molar-refractivity contribution in [2.24, 2.45) is 0 Å². The van der Waals surface area contributed by atoms with Crippen LogP contribution in [0.2, 0.25) is 10.0 Å². The Kier molecular flexibility index (Phi) is 10.0. The Morgan fingerprint density at radius 2 is 1.45 bits per heavy atom. The maximum Gasteiger partial charge on any atom is 0.272 e. The number of rotatable bonds is 10. The number of Topliss-reactive ketones (excluding diaryl/α,β-unsaturated/α-hetero) is 1. The van der Waals surface area contributed by atoms with Gasteiger partial charge < -0.3 is 15.4 Å². The second-order valence-electron chi connectivity index (χ2n) is 8.43. The SMILES string of the molecule is COc1ccc(C(=O)CSc2ccc(NC(=O)/C(=C/c3c(Cl)cccc3Cl)NC(=O)c3ccccc3)cc2)cc1. The Labute approximate surface area is 246 Å². The molecule has 4 aromatic rings. The highest BCUT2D eigenvalue weighted by Crippen LogP contribution is 2.27. The highest BCUT2D eigenvalue weighted by atomic mass is 35.5. The first-order chi connectivity index (χ1) is 19.3. The molecule has 0 radical (unpaired) electrons. The maximum atomic E-state index is 13.3. The van der Waals surface area contributed by atoms with E-state index in [0.29, 0.717) is 38.2 Å². The van der Waals surface area contributed by atoms with Gasteiger partial charge >= 0.3 is 0 Å². The number of amides is 2. The maximum absolute atomic E-state index is 13.3. The standard InChI is InChI=1S/C31H24Cl2N2O4S/c1-39-23-14-10-20(11-15-23)29(36)19-40-24-16-12-22(13-17-24)34-31(38)28(18-25-26(32)8-5-9-27(25)33)35-30(37)21-6-3-2-4-7-21/h2-18H,19H2,1H3,(H,34,38)(H,35,37)/b28-18-. The normalized spacial score (nSPS) is 11.0. The first kappa shape index (κ1) is 29.0. The topological polar surface area (TPSA) is 84.5 Å². The lowest BCUT2D eigenvalue weighted by molar-refractivity contribution is -0.113. The number of thioether (sulfide) groups is 1. The fourth-order valence-corrected chi connectivity index (χ4v) is 4.88. The number of hydrogen-bond acceptors (Lipinski definition) is 5. The summed E-state index contributed by atoms with van der Waals surface area (Å²) in [6.45, 7) is 0. The minimum atomic E-state index is -0.560. The zero-order valence-corrected chi connectivity index (χ0v) is 23.6. The van der Waals surface area contributed by atoms with Crippen LogP contribution in [0.3, 0.4) is 0 Å². The number of ether oxygens (including phenoxy) is 1. The minimum absolute atomic E-state index is 0.00722. The quantitative estimate of drug-likeness (QED) is 0.114. The average molecular weight is 592 g/mol.